The molecule has 0 spiro atoms. The van der Waals surface area contributed by atoms with Gasteiger partial charge in [0.15, 0.2) is 24.7 Å². The van der Waals surface area contributed by atoms with Crippen molar-refractivity contribution < 1.29 is 28.5 Å². The predicted octanol–water partition coefficient (Wildman–Crippen LogP) is 3.28. The van der Waals surface area contributed by atoms with Crippen molar-refractivity contribution in [3.05, 3.63) is 53.6 Å². The fourth-order valence-corrected chi connectivity index (χ4v) is 2.81. The van der Waals surface area contributed by atoms with E-state index in [0.717, 1.165) is 5.56 Å². The number of nitrogens with one attached hydrogen (secondary N) is 1. The van der Waals surface area contributed by atoms with Crippen LogP contribution in [0.25, 0.3) is 0 Å². The average molecular weight is 430 g/mol. The number of carbonyl (C=O) groups is 2. The van der Waals surface area contributed by atoms with Crippen LogP contribution in [-0.4, -0.2) is 45.9 Å². The lowest BCUT2D eigenvalue weighted by molar-refractivity contribution is -0.150. The second-order valence-electron chi connectivity index (χ2n) is 8.01. The number of methoxy groups -OCH3 is 2. The number of amides is 1. The number of ether oxygens (including phenoxy) is 4. The molecule has 2 aromatic carbocycles. The van der Waals surface area contributed by atoms with E-state index in [4.69, 9.17) is 18.9 Å². The van der Waals surface area contributed by atoms with Crippen LogP contribution in [0, 0.1) is 0 Å². The maximum atomic E-state index is 11.9. The van der Waals surface area contributed by atoms with Crippen LogP contribution in [0.4, 0.5) is 0 Å². The van der Waals surface area contributed by atoms with Crippen LogP contribution < -0.4 is 19.5 Å². The summed E-state index contributed by atoms with van der Waals surface area (Å²) in [5, 5.41) is 2.72. The van der Waals surface area contributed by atoms with Gasteiger partial charge in [0, 0.05) is 6.54 Å². The third-order valence-corrected chi connectivity index (χ3v) is 4.63. The van der Waals surface area contributed by atoms with Crippen LogP contribution in [0.1, 0.15) is 31.9 Å². The van der Waals surface area contributed by atoms with Gasteiger partial charge in [0.2, 0.25) is 0 Å². The first-order valence-corrected chi connectivity index (χ1v) is 10.1. The van der Waals surface area contributed by atoms with E-state index in [1.54, 1.807) is 14.2 Å². The van der Waals surface area contributed by atoms with Crippen LogP contribution >= 0.6 is 0 Å². The molecule has 0 aliphatic carbocycles. The maximum Gasteiger partial charge on any atom is 0.344 e. The van der Waals surface area contributed by atoms with E-state index >= 15 is 0 Å². The van der Waals surface area contributed by atoms with Gasteiger partial charge in [-0.2, -0.15) is 0 Å². The molecule has 0 aliphatic rings. The molecule has 2 aromatic rings. The molecule has 7 heteroatoms. The molecule has 0 heterocycles. The van der Waals surface area contributed by atoms with Gasteiger partial charge in [-0.15, -0.1) is 0 Å². The number of rotatable bonds is 10. The van der Waals surface area contributed by atoms with Gasteiger partial charge in [-0.3, -0.25) is 4.79 Å². The fraction of sp³-hybridized carbons (Fsp3) is 0.417. The summed E-state index contributed by atoms with van der Waals surface area (Å²) in [5.41, 5.74) is 2.21. The van der Waals surface area contributed by atoms with Gasteiger partial charge in [0.1, 0.15) is 5.75 Å². The minimum absolute atomic E-state index is 0.0459. The topological polar surface area (TPSA) is 83.1 Å². The molecule has 0 saturated carbocycles. The summed E-state index contributed by atoms with van der Waals surface area (Å²) in [5.74, 6) is 0.880. The molecule has 0 atom stereocenters. The average Bonchev–Trinajstić information content (AvgIpc) is 2.75. The number of hydrogen-bond donors (Lipinski definition) is 1. The van der Waals surface area contributed by atoms with E-state index < -0.39 is 5.97 Å². The Bertz CT molecular complexity index is 871. The first kappa shape index (κ1) is 24.1. The summed E-state index contributed by atoms with van der Waals surface area (Å²) < 4.78 is 20.8. The molecule has 7 nitrogen and oxygen atoms in total. The van der Waals surface area contributed by atoms with E-state index in [-0.39, 0.29) is 24.5 Å². The van der Waals surface area contributed by atoms with Crippen molar-refractivity contribution in [1.29, 1.82) is 0 Å². The summed E-state index contributed by atoms with van der Waals surface area (Å²) in [6, 6.07) is 13.1. The molecular formula is C24H31NO6. The van der Waals surface area contributed by atoms with Crippen molar-refractivity contribution in [2.75, 3.05) is 34.0 Å². The summed E-state index contributed by atoms with van der Waals surface area (Å²) >= 11 is 0. The Morgan fingerprint density at radius 3 is 2.19 bits per heavy atom. The van der Waals surface area contributed by atoms with Gasteiger partial charge < -0.3 is 24.3 Å². The molecule has 0 aliphatic heterocycles. The summed E-state index contributed by atoms with van der Waals surface area (Å²) in [7, 11) is 3.15. The minimum Gasteiger partial charge on any atom is -0.493 e. The highest BCUT2D eigenvalue weighted by Crippen LogP contribution is 2.27. The van der Waals surface area contributed by atoms with E-state index in [1.807, 2.05) is 42.5 Å². The lowest BCUT2D eigenvalue weighted by atomic mass is 9.87. The molecule has 0 aromatic heterocycles. The molecular weight excluding hydrogens is 398 g/mol. The Morgan fingerprint density at radius 1 is 0.903 bits per heavy atom. The number of hydrogen-bond acceptors (Lipinski definition) is 6. The first-order chi connectivity index (χ1) is 14.7. The minimum atomic E-state index is -0.602. The molecule has 31 heavy (non-hydrogen) atoms. The molecule has 0 radical (unpaired) electrons. The second kappa shape index (κ2) is 11.2. The smallest absolute Gasteiger partial charge is 0.344 e. The zero-order valence-electron chi connectivity index (χ0n) is 18.8. The maximum absolute atomic E-state index is 11.9. The molecule has 1 N–H and O–H groups in total. The van der Waals surface area contributed by atoms with E-state index in [2.05, 4.69) is 26.1 Å². The number of esters is 1. The number of carbonyl (C=O) groups excluding carboxylic acids is 2. The first-order valence-electron chi connectivity index (χ1n) is 10.1. The highest BCUT2D eigenvalue weighted by Gasteiger charge is 2.14. The molecule has 0 bridgehead atoms. The van der Waals surface area contributed by atoms with E-state index in [0.29, 0.717) is 30.2 Å². The van der Waals surface area contributed by atoms with E-state index in [1.165, 1.54) is 5.56 Å². The highest BCUT2D eigenvalue weighted by molar-refractivity contribution is 5.80. The van der Waals surface area contributed by atoms with Crippen molar-refractivity contribution in [3.8, 4) is 17.2 Å². The van der Waals surface area contributed by atoms with Crippen molar-refractivity contribution in [2.24, 2.45) is 0 Å². The van der Waals surface area contributed by atoms with Gasteiger partial charge in [-0.25, -0.2) is 4.79 Å². The van der Waals surface area contributed by atoms with Gasteiger partial charge in [0.25, 0.3) is 5.91 Å². The molecule has 0 fully saturated rings. The Hall–Kier alpha value is -3.22. The van der Waals surface area contributed by atoms with E-state index in [9.17, 15) is 9.59 Å². The lowest BCUT2D eigenvalue weighted by Crippen LogP contribution is -2.31. The Kier molecular flexibility index (Phi) is 8.73. The lowest BCUT2D eigenvalue weighted by Gasteiger charge is -2.19. The third-order valence-electron chi connectivity index (χ3n) is 4.63. The molecule has 0 unspecified atom stereocenters. The predicted molar refractivity (Wildman–Crippen MR) is 118 cm³/mol. The van der Waals surface area contributed by atoms with Crippen LogP contribution in [0.2, 0.25) is 0 Å². The van der Waals surface area contributed by atoms with Crippen molar-refractivity contribution in [1.82, 2.24) is 5.32 Å². The standard InChI is InChI=1S/C24H31NO6/c1-24(2,3)18-7-9-19(10-8-18)30-16-23(27)31-15-22(26)25-13-12-17-6-11-20(28-4)21(14-17)29-5/h6-11,14H,12-13,15-16H2,1-5H3,(H,25,26). The van der Waals surface area contributed by atoms with Gasteiger partial charge in [-0.05, 0) is 47.2 Å². The largest absolute Gasteiger partial charge is 0.493 e. The normalized spacial score (nSPS) is 10.9. The Labute approximate surface area is 183 Å². The Balaban J connectivity index is 1.67. The van der Waals surface area contributed by atoms with Crippen molar-refractivity contribution >= 4 is 11.9 Å². The molecule has 2 rings (SSSR count). The van der Waals surface area contributed by atoms with Crippen LogP contribution in [0.5, 0.6) is 17.2 Å². The monoisotopic (exact) mass is 429 g/mol. The molecule has 1 amide bonds. The zero-order valence-corrected chi connectivity index (χ0v) is 18.8. The summed E-state index contributed by atoms with van der Waals surface area (Å²) in [6.45, 7) is 6.17. The quantitative estimate of drug-likeness (QED) is 0.584. The Morgan fingerprint density at radius 2 is 1.58 bits per heavy atom. The third kappa shape index (κ3) is 7.85. The fourth-order valence-electron chi connectivity index (χ4n) is 2.81. The number of benzene rings is 2. The molecule has 168 valence electrons. The SMILES string of the molecule is COc1ccc(CCNC(=O)COC(=O)COc2ccc(C(C)(C)C)cc2)cc1OC. The second-order valence-corrected chi connectivity index (χ2v) is 8.01. The van der Waals surface area contributed by atoms with Crippen molar-refractivity contribution in [3.63, 3.8) is 0 Å². The van der Waals surface area contributed by atoms with Crippen molar-refractivity contribution in [2.45, 2.75) is 32.6 Å². The van der Waals surface area contributed by atoms with Gasteiger partial charge in [0.05, 0.1) is 14.2 Å². The van der Waals surface area contributed by atoms with Crippen LogP contribution in [-0.2, 0) is 26.2 Å². The van der Waals surface area contributed by atoms with Gasteiger partial charge >= 0.3 is 5.97 Å². The highest BCUT2D eigenvalue weighted by atomic mass is 16.6. The summed E-state index contributed by atoms with van der Waals surface area (Å²) in [6.07, 6.45) is 0.605. The van der Waals surface area contributed by atoms with Crippen LogP contribution in [0.15, 0.2) is 42.5 Å². The van der Waals surface area contributed by atoms with Crippen LogP contribution in [0.3, 0.4) is 0 Å². The zero-order chi connectivity index (χ0) is 22.9. The summed E-state index contributed by atoms with van der Waals surface area (Å²) in [4.78, 5) is 23.7. The molecule has 0 saturated heterocycles. The van der Waals surface area contributed by atoms with Gasteiger partial charge in [-0.1, -0.05) is 39.0 Å².